The topological polar surface area (TPSA) is 49.8 Å². The van der Waals surface area contributed by atoms with Crippen molar-refractivity contribution in [1.29, 1.82) is 0 Å². The molecule has 150 valence electrons. The van der Waals surface area contributed by atoms with Crippen LogP contribution >= 0.6 is 0 Å². The van der Waals surface area contributed by atoms with E-state index in [4.69, 9.17) is 4.74 Å². The van der Waals surface area contributed by atoms with Crippen LogP contribution in [0, 0.1) is 16.6 Å². The van der Waals surface area contributed by atoms with Gasteiger partial charge in [-0.2, -0.15) is 0 Å². The van der Waals surface area contributed by atoms with E-state index in [1.165, 1.54) is 12.1 Å². The molecule has 0 saturated heterocycles. The van der Waals surface area contributed by atoms with Gasteiger partial charge >= 0.3 is 6.09 Å². The Morgan fingerprint density at radius 3 is 2.07 bits per heavy atom. The van der Waals surface area contributed by atoms with Gasteiger partial charge in [0.15, 0.2) is 0 Å². The van der Waals surface area contributed by atoms with Gasteiger partial charge in [0.25, 0.3) is 0 Å². The quantitative estimate of drug-likeness (QED) is 0.794. The summed E-state index contributed by atoms with van der Waals surface area (Å²) < 4.78 is 18.9. The molecule has 3 fully saturated rings. The zero-order chi connectivity index (χ0) is 19.7. The Balaban J connectivity index is 1.75. The van der Waals surface area contributed by atoms with Crippen LogP contribution in [0.15, 0.2) is 24.3 Å². The van der Waals surface area contributed by atoms with Crippen molar-refractivity contribution in [3.8, 4) is 0 Å². The Hall–Kier alpha value is -1.62. The average molecular weight is 378 g/mol. The lowest BCUT2D eigenvalue weighted by Crippen LogP contribution is -2.50. The predicted octanol–water partition coefficient (Wildman–Crippen LogP) is 4.90. The molecule has 0 unspecified atom stereocenters. The Labute approximate surface area is 161 Å². The number of rotatable bonds is 5. The predicted molar refractivity (Wildman–Crippen MR) is 103 cm³/mol. The number of carbonyl (C=O) groups excluding carboxylic acids is 1. The number of aliphatic hydroxyl groups is 1. The molecule has 0 atom stereocenters. The summed E-state index contributed by atoms with van der Waals surface area (Å²) in [5, 5.41) is 9.75. The van der Waals surface area contributed by atoms with E-state index >= 15 is 0 Å². The molecule has 0 aliphatic heterocycles. The number of aliphatic hydroxyl groups excluding tert-OH is 1. The van der Waals surface area contributed by atoms with Gasteiger partial charge in [0.05, 0.1) is 0 Å². The second-order valence-electron chi connectivity index (χ2n) is 9.62. The fraction of sp³-hybridized carbons (Fsp3) is 0.682. The van der Waals surface area contributed by atoms with Gasteiger partial charge in [0, 0.05) is 19.7 Å². The van der Waals surface area contributed by atoms with E-state index in [0.29, 0.717) is 13.1 Å². The third-order valence-corrected chi connectivity index (χ3v) is 6.36. The van der Waals surface area contributed by atoms with Gasteiger partial charge in [-0.15, -0.1) is 0 Å². The molecule has 3 aliphatic carbocycles. The number of hydrogen-bond acceptors (Lipinski definition) is 3. The van der Waals surface area contributed by atoms with Crippen molar-refractivity contribution in [2.24, 2.45) is 10.8 Å². The Bertz CT molecular complexity index is 641. The number of halogens is 1. The second kappa shape index (κ2) is 7.42. The second-order valence-corrected chi connectivity index (χ2v) is 9.62. The lowest BCUT2D eigenvalue weighted by molar-refractivity contribution is -0.0602. The van der Waals surface area contributed by atoms with Crippen molar-refractivity contribution in [2.45, 2.75) is 71.4 Å². The standard InChI is InChI=1S/C22H32FNO3/c1-20(2,3)27-19(26)24(14-17-4-6-18(23)7-5-17)15-21-8-11-22(16-25,12-9-21)13-10-21/h4-7,25H,8-16H2,1-3H3. The van der Waals surface area contributed by atoms with Crippen molar-refractivity contribution in [3.05, 3.63) is 35.6 Å². The normalized spacial score (nSPS) is 27.4. The molecule has 0 radical (unpaired) electrons. The van der Waals surface area contributed by atoms with Crippen molar-refractivity contribution in [3.63, 3.8) is 0 Å². The highest BCUT2D eigenvalue weighted by Gasteiger charge is 2.49. The Morgan fingerprint density at radius 2 is 1.59 bits per heavy atom. The molecule has 1 N–H and O–H groups in total. The van der Waals surface area contributed by atoms with Gasteiger partial charge in [-0.1, -0.05) is 12.1 Å². The van der Waals surface area contributed by atoms with Gasteiger partial charge in [-0.25, -0.2) is 9.18 Å². The minimum atomic E-state index is -0.555. The van der Waals surface area contributed by atoms with Crippen molar-refractivity contribution >= 4 is 6.09 Å². The molecule has 1 aromatic carbocycles. The first kappa shape index (κ1) is 20.1. The van der Waals surface area contributed by atoms with Gasteiger partial charge in [0.2, 0.25) is 0 Å². The van der Waals surface area contributed by atoms with Crippen LogP contribution in [0.4, 0.5) is 9.18 Å². The van der Waals surface area contributed by atoms with E-state index < -0.39 is 5.60 Å². The summed E-state index contributed by atoms with van der Waals surface area (Å²) in [6.45, 7) is 6.96. The van der Waals surface area contributed by atoms with E-state index in [0.717, 1.165) is 44.1 Å². The number of hydrogen-bond donors (Lipinski definition) is 1. The largest absolute Gasteiger partial charge is 0.444 e. The summed E-state index contributed by atoms with van der Waals surface area (Å²) in [7, 11) is 0. The number of ether oxygens (including phenoxy) is 1. The summed E-state index contributed by atoms with van der Waals surface area (Å²) in [5.41, 5.74) is 0.555. The Kier molecular flexibility index (Phi) is 5.53. The molecule has 1 amide bonds. The fourth-order valence-electron chi connectivity index (χ4n) is 4.54. The molecule has 0 aromatic heterocycles. The maximum Gasteiger partial charge on any atom is 0.410 e. The van der Waals surface area contributed by atoms with Crippen molar-refractivity contribution < 1.29 is 19.0 Å². The molecule has 5 heteroatoms. The molecule has 0 spiro atoms. The third-order valence-electron chi connectivity index (χ3n) is 6.36. The summed E-state index contributed by atoms with van der Waals surface area (Å²) >= 11 is 0. The van der Waals surface area contributed by atoms with Crippen LogP contribution in [-0.2, 0) is 11.3 Å². The maximum atomic E-state index is 13.2. The zero-order valence-corrected chi connectivity index (χ0v) is 16.8. The smallest absolute Gasteiger partial charge is 0.410 e. The van der Waals surface area contributed by atoms with E-state index in [1.807, 2.05) is 20.8 Å². The molecule has 0 heterocycles. The summed E-state index contributed by atoms with van der Waals surface area (Å²) in [4.78, 5) is 14.7. The lowest BCUT2D eigenvalue weighted by Gasteiger charge is -2.54. The Morgan fingerprint density at radius 1 is 1.07 bits per heavy atom. The number of amides is 1. The van der Waals surface area contributed by atoms with Crippen LogP contribution in [0.3, 0.4) is 0 Å². The average Bonchev–Trinajstić information content (AvgIpc) is 2.63. The first-order valence-electron chi connectivity index (χ1n) is 9.98. The fourth-order valence-corrected chi connectivity index (χ4v) is 4.54. The zero-order valence-electron chi connectivity index (χ0n) is 16.8. The molecule has 4 nitrogen and oxygen atoms in total. The molecule has 1 aromatic rings. The van der Waals surface area contributed by atoms with Gasteiger partial charge in [-0.05, 0) is 87.8 Å². The SMILES string of the molecule is CC(C)(C)OC(=O)N(Cc1ccc(F)cc1)CC12CCC(CO)(CC1)CC2. The third kappa shape index (κ3) is 4.81. The van der Waals surface area contributed by atoms with Gasteiger partial charge in [0.1, 0.15) is 11.4 Å². The minimum absolute atomic E-state index is 0.105. The van der Waals surface area contributed by atoms with Crippen LogP contribution in [0.5, 0.6) is 0 Å². The van der Waals surface area contributed by atoms with E-state index in [9.17, 15) is 14.3 Å². The number of benzene rings is 1. The molecule has 27 heavy (non-hydrogen) atoms. The number of nitrogens with zero attached hydrogens (tertiary/aromatic N) is 1. The molecular formula is C22H32FNO3. The lowest BCUT2D eigenvalue weighted by atomic mass is 9.54. The first-order valence-corrected chi connectivity index (χ1v) is 9.98. The highest BCUT2D eigenvalue weighted by molar-refractivity contribution is 5.68. The summed E-state index contributed by atoms with van der Waals surface area (Å²) in [5.74, 6) is -0.277. The highest BCUT2D eigenvalue weighted by atomic mass is 19.1. The van der Waals surface area contributed by atoms with Gasteiger partial charge < -0.3 is 14.7 Å². The molecular weight excluding hydrogens is 345 g/mol. The highest BCUT2D eigenvalue weighted by Crippen LogP contribution is 2.56. The van der Waals surface area contributed by atoms with Gasteiger partial charge in [-0.3, -0.25) is 0 Å². The molecule has 3 saturated carbocycles. The summed E-state index contributed by atoms with van der Waals surface area (Å²) in [6, 6.07) is 6.31. The van der Waals surface area contributed by atoms with Crippen molar-refractivity contribution in [1.82, 2.24) is 4.90 Å². The number of carbonyl (C=O) groups is 1. The molecule has 4 rings (SSSR count). The van der Waals surface area contributed by atoms with E-state index in [2.05, 4.69) is 0 Å². The van der Waals surface area contributed by atoms with Crippen LogP contribution in [0.25, 0.3) is 0 Å². The molecule has 2 bridgehead atoms. The van der Waals surface area contributed by atoms with Crippen LogP contribution < -0.4 is 0 Å². The molecule has 3 aliphatic rings. The summed E-state index contributed by atoms with van der Waals surface area (Å²) in [6.07, 6.45) is 5.89. The van der Waals surface area contributed by atoms with Crippen LogP contribution in [-0.4, -0.2) is 34.9 Å². The monoisotopic (exact) mass is 377 g/mol. The van der Waals surface area contributed by atoms with E-state index in [1.54, 1.807) is 17.0 Å². The minimum Gasteiger partial charge on any atom is -0.444 e. The van der Waals surface area contributed by atoms with Crippen LogP contribution in [0.2, 0.25) is 0 Å². The first-order chi connectivity index (χ1) is 12.6. The maximum absolute atomic E-state index is 13.2. The van der Waals surface area contributed by atoms with Crippen molar-refractivity contribution in [2.75, 3.05) is 13.2 Å². The van der Waals surface area contributed by atoms with E-state index in [-0.39, 0.29) is 29.3 Å². The number of fused-ring (bicyclic) bond motifs is 3. The van der Waals surface area contributed by atoms with Crippen LogP contribution in [0.1, 0.15) is 64.9 Å².